The van der Waals surface area contributed by atoms with Crippen LogP contribution in [0.15, 0.2) is 42.6 Å². The number of amides is 1. The summed E-state index contributed by atoms with van der Waals surface area (Å²) in [4.78, 5) is 19.4. The third kappa shape index (κ3) is 4.62. The largest absolute Gasteiger partial charge is 0.417 e. The SMILES string of the molecule is O=C(/C=C/c1ccccc1F)N1CCN(c2ncc(C(F)(F)F)cc2Cl)CC1. The molecule has 0 spiro atoms. The topological polar surface area (TPSA) is 36.4 Å². The quantitative estimate of drug-likeness (QED) is 0.557. The Morgan fingerprint density at radius 3 is 2.43 bits per heavy atom. The fraction of sp³-hybridized carbons (Fsp3) is 0.263. The second kappa shape index (κ2) is 8.18. The van der Waals surface area contributed by atoms with Crippen LogP contribution in [0.1, 0.15) is 11.1 Å². The van der Waals surface area contributed by atoms with Crippen molar-refractivity contribution in [3.05, 3.63) is 64.6 Å². The highest BCUT2D eigenvalue weighted by molar-refractivity contribution is 6.33. The normalized spacial score (nSPS) is 15.3. The Hall–Kier alpha value is -2.61. The molecule has 0 unspecified atom stereocenters. The fourth-order valence-corrected chi connectivity index (χ4v) is 3.12. The molecule has 1 aromatic carbocycles. The third-order valence-corrected chi connectivity index (χ3v) is 4.63. The Morgan fingerprint density at radius 1 is 1.14 bits per heavy atom. The number of anilines is 1. The molecule has 0 radical (unpaired) electrons. The molecule has 0 aliphatic carbocycles. The van der Waals surface area contributed by atoms with Gasteiger partial charge in [-0.2, -0.15) is 13.2 Å². The molecule has 1 amide bonds. The number of hydrogen-bond acceptors (Lipinski definition) is 3. The van der Waals surface area contributed by atoms with Crippen LogP contribution in [0.5, 0.6) is 0 Å². The highest BCUT2D eigenvalue weighted by Crippen LogP contribution is 2.33. The highest BCUT2D eigenvalue weighted by Gasteiger charge is 2.32. The lowest BCUT2D eigenvalue weighted by molar-refractivity contribution is -0.137. The summed E-state index contributed by atoms with van der Waals surface area (Å²) in [6, 6.07) is 6.96. The molecule has 4 nitrogen and oxygen atoms in total. The van der Waals surface area contributed by atoms with Gasteiger partial charge in [-0.25, -0.2) is 9.37 Å². The molecule has 0 bridgehead atoms. The fourth-order valence-electron chi connectivity index (χ4n) is 2.83. The summed E-state index contributed by atoms with van der Waals surface area (Å²) >= 11 is 5.97. The third-order valence-electron chi connectivity index (χ3n) is 4.35. The molecular formula is C19H16ClF4N3O. The number of benzene rings is 1. The van der Waals surface area contributed by atoms with Gasteiger partial charge in [0.15, 0.2) is 0 Å². The zero-order valence-corrected chi connectivity index (χ0v) is 15.3. The van der Waals surface area contributed by atoms with Gasteiger partial charge in [-0.3, -0.25) is 4.79 Å². The molecule has 0 atom stereocenters. The molecule has 0 saturated carbocycles. The number of rotatable bonds is 3. The number of alkyl halides is 3. The number of halogens is 5. The molecule has 1 aliphatic heterocycles. The molecule has 3 rings (SSSR count). The van der Waals surface area contributed by atoms with Gasteiger partial charge >= 0.3 is 6.18 Å². The van der Waals surface area contributed by atoms with Gasteiger partial charge in [-0.1, -0.05) is 29.8 Å². The first-order chi connectivity index (χ1) is 13.3. The average Bonchev–Trinajstić information content (AvgIpc) is 2.66. The number of aromatic nitrogens is 1. The van der Waals surface area contributed by atoms with E-state index in [9.17, 15) is 22.4 Å². The Labute approximate surface area is 164 Å². The lowest BCUT2D eigenvalue weighted by atomic mass is 10.2. The Balaban J connectivity index is 1.61. The number of piperazine rings is 1. The molecular weight excluding hydrogens is 398 g/mol. The van der Waals surface area contributed by atoms with Crippen molar-refractivity contribution in [3.8, 4) is 0 Å². The van der Waals surface area contributed by atoms with Crippen molar-refractivity contribution >= 4 is 29.4 Å². The predicted octanol–water partition coefficient (Wildman–Crippen LogP) is 4.25. The molecule has 2 aromatic rings. The minimum Gasteiger partial charge on any atom is -0.352 e. The molecule has 9 heteroatoms. The maximum atomic E-state index is 13.6. The molecule has 148 valence electrons. The van der Waals surface area contributed by atoms with Gasteiger partial charge in [-0.15, -0.1) is 0 Å². The van der Waals surface area contributed by atoms with Crippen LogP contribution in [0.4, 0.5) is 23.4 Å². The smallest absolute Gasteiger partial charge is 0.352 e. The summed E-state index contributed by atoms with van der Waals surface area (Å²) in [6.07, 6.45) is -1.05. The zero-order chi connectivity index (χ0) is 20.3. The summed E-state index contributed by atoms with van der Waals surface area (Å²) in [5, 5.41) is -0.0888. The first-order valence-electron chi connectivity index (χ1n) is 8.45. The van der Waals surface area contributed by atoms with Gasteiger partial charge in [0.2, 0.25) is 5.91 Å². The zero-order valence-electron chi connectivity index (χ0n) is 14.6. The molecule has 1 saturated heterocycles. The average molecular weight is 414 g/mol. The number of nitrogens with zero attached hydrogens (tertiary/aromatic N) is 3. The van der Waals surface area contributed by atoms with Gasteiger partial charge in [0.1, 0.15) is 11.6 Å². The summed E-state index contributed by atoms with van der Waals surface area (Å²) in [6.45, 7) is 1.44. The number of carbonyl (C=O) groups excluding carboxylic acids is 1. The molecule has 1 aliphatic rings. The van der Waals surface area contributed by atoms with E-state index >= 15 is 0 Å². The standard InChI is InChI=1S/C19H16ClF4N3O/c20-15-11-14(19(22,23)24)12-25-18(15)27-9-7-26(8-10-27)17(28)6-5-13-3-1-2-4-16(13)21/h1-6,11-12H,7-10H2/b6-5+. The van der Waals surface area contributed by atoms with Gasteiger partial charge in [0, 0.05) is 44.0 Å². The molecule has 2 heterocycles. The maximum Gasteiger partial charge on any atom is 0.417 e. The van der Waals surface area contributed by atoms with E-state index in [-0.39, 0.29) is 16.7 Å². The monoisotopic (exact) mass is 413 g/mol. The van der Waals surface area contributed by atoms with Crippen LogP contribution in [0.25, 0.3) is 6.08 Å². The predicted molar refractivity (Wildman–Crippen MR) is 98.5 cm³/mol. The summed E-state index contributed by atoms with van der Waals surface area (Å²) in [7, 11) is 0. The minimum atomic E-state index is -4.51. The van der Waals surface area contributed by atoms with Gasteiger partial charge in [0.25, 0.3) is 0 Å². The first kappa shape index (κ1) is 20.1. The highest BCUT2D eigenvalue weighted by atomic mass is 35.5. The summed E-state index contributed by atoms with van der Waals surface area (Å²) in [5.74, 6) is -0.433. The lowest BCUT2D eigenvalue weighted by Gasteiger charge is -2.35. The van der Waals surface area contributed by atoms with Crippen LogP contribution in [0.3, 0.4) is 0 Å². The van der Waals surface area contributed by atoms with Gasteiger partial charge in [0.05, 0.1) is 10.6 Å². The van der Waals surface area contributed by atoms with E-state index in [1.165, 1.54) is 18.2 Å². The van der Waals surface area contributed by atoms with Crippen molar-refractivity contribution in [1.82, 2.24) is 9.88 Å². The van der Waals surface area contributed by atoms with Crippen molar-refractivity contribution in [2.45, 2.75) is 6.18 Å². The first-order valence-corrected chi connectivity index (χ1v) is 8.82. The summed E-state index contributed by atoms with van der Waals surface area (Å²) in [5.41, 5.74) is -0.594. The van der Waals surface area contributed by atoms with Crippen LogP contribution in [0.2, 0.25) is 5.02 Å². The van der Waals surface area contributed by atoms with Crippen molar-refractivity contribution < 1.29 is 22.4 Å². The second-order valence-electron chi connectivity index (χ2n) is 6.19. The lowest BCUT2D eigenvalue weighted by Crippen LogP contribution is -2.48. The van der Waals surface area contributed by atoms with Crippen LogP contribution in [-0.4, -0.2) is 42.0 Å². The Kier molecular flexibility index (Phi) is 5.88. The molecule has 1 aromatic heterocycles. The second-order valence-corrected chi connectivity index (χ2v) is 6.60. The number of hydrogen-bond donors (Lipinski definition) is 0. The van der Waals surface area contributed by atoms with Crippen molar-refractivity contribution in [3.63, 3.8) is 0 Å². The summed E-state index contributed by atoms with van der Waals surface area (Å²) < 4.78 is 51.7. The molecule has 0 N–H and O–H groups in total. The van der Waals surface area contributed by atoms with E-state index in [0.717, 1.165) is 12.3 Å². The van der Waals surface area contributed by atoms with Crippen molar-refractivity contribution in [2.75, 3.05) is 31.1 Å². The van der Waals surface area contributed by atoms with Crippen molar-refractivity contribution in [2.24, 2.45) is 0 Å². The maximum absolute atomic E-state index is 13.6. The van der Waals surface area contributed by atoms with Gasteiger partial charge < -0.3 is 9.80 Å². The van der Waals surface area contributed by atoms with Crippen LogP contribution >= 0.6 is 11.6 Å². The van der Waals surface area contributed by atoms with E-state index in [4.69, 9.17) is 11.6 Å². The number of carbonyl (C=O) groups is 1. The van der Waals surface area contributed by atoms with Crippen LogP contribution in [0, 0.1) is 5.82 Å². The molecule has 1 fully saturated rings. The number of pyridine rings is 1. The van der Waals surface area contributed by atoms with E-state index in [1.54, 1.807) is 28.0 Å². The minimum absolute atomic E-state index is 0.0888. The van der Waals surface area contributed by atoms with E-state index in [2.05, 4.69) is 4.98 Å². The van der Waals surface area contributed by atoms with Crippen molar-refractivity contribution in [1.29, 1.82) is 0 Å². The van der Waals surface area contributed by atoms with Crippen LogP contribution in [-0.2, 0) is 11.0 Å². The van der Waals surface area contributed by atoms with E-state index in [1.807, 2.05) is 0 Å². The van der Waals surface area contributed by atoms with Crippen LogP contribution < -0.4 is 4.90 Å². The van der Waals surface area contributed by atoms with E-state index < -0.39 is 17.6 Å². The Morgan fingerprint density at radius 2 is 1.82 bits per heavy atom. The van der Waals surface area contributed by atoms with Gasteiger partial charge in [-0.05, 0) is 18.2 Å². The Bertz CT molecular complexity index is 893. The van der Waals surface area contributed by atoms with E-state index in [0.29, 0.717) is 31.7 Å². The molecule has 28 heavy (non-hydrogen) atoms.